The Balaban J connectivity index is 1.19. The molecule has 7 atom stereocenters. The summed E-state index contributed by atoms with van der Waals surface area (Å²) in [6, 6.07) is 14.6. The summed E-state index contributed by atoms with van der Waals surface area (Å²) in [5.74, 6) is 0.831. The summed E-state index contributed by atoms with van der Waals surface area (Å²) in [7, 11) is 5.01. The Morgan fingerprint density at radius 1 is 1.02 bits per heavy atom. The predicted octanol–water partition coefficient (Wildman–Crippen LogP) is 5.68. The van der Waals surface area contributed by atoms with Crippen molar-refractivity contribution in [2.24, 2.45) is 0 Å². The van der Waals surface area contributed by atoms with Crippen LogP contribution >= 0.6 is 11.8 Å². The van der Waals surface area contributed by atoms with Gasteiger partial charge < -0.3 is 38.6 Å². The van der Waals surface area contributed by atoms with E-state index in [9.17, 15) is 25.1 Å². The standard InChI is InChI=1S/C47H46N4O10S/c1-23-15-27-16-29-30(19-48)51-31-20-58-46(55)47(28-18-33(56-4)32(52)17-26(28)13-14-49-47)21-62-45(37-36(31)43-42(59-22-60-43)24(2)40(37)54)39(51)38(50(29)3)35(27)44(41(23)57-5)61-34(53)12-11-25-9-7-6-8-10-25/h6-12,15,17-18,29-31,38-39,45,49,52,54H,13-14,16,20-22H2,1-5H3/b12-11+/t29-,30-,31-,38+,39?,45+,47+/m0/s1. The van der Waals surface area contributed by atoms with Crippen LogP contribution in [0.3, 0.4) is 0 Å². The van der Waals surface area contributed by atoms with Gasteiger partial charge in [0.05, 0.1) is 37.6 Å². The molecule has 2 fully saturated rings. The number of nitrogens with one attached hydrogen (secondary N) is 1. The first kappa shape index (κ1) is 40.2. The molecule has 4 aromatic rings. The van der Waals surface area contributed by atoms with E-state index in [0.717, 1.165) is 27.8 Å². The number of piperazine rings is 1. The van der Waals surface area contributed by atoms with Gasteiger partial charge in [-0.2, -0.15) is 5.26 Å². The number of phenolic OH excluding ortho intramolecular Hbond substituents is 2. The first-order valence-electron chi connectivity index (χ1n) is 20.6. The second-order valence-electron chi connectivity index (χ2n) is 16.7. The number of fused-ring (bicyclic) bond motifs is 9. The lowest BCUT2D eigenvalue weighted by Crippen LogP contribution is -2.69. The van der Waals surface area contributed by atoms with Crippen LogP contribution in [0, 0.1) is 25.2 Å². The first-order valence-corrected chi connectivity index (χ1v) is 21.7. The SMILES string of the molecule is COc1cc2c(cc1O)CCN[C@]21CS[C@@H]2c3c(O)c(C)c4c(c3[C@H](COC1=O)N1C2[C@H]2c3c(cc(C)c(OC)c3OC(=O)/C=C/c3ccccc3)C[C@@H]([C@@H]1C#N)N2C)OCO4. The highest BCUT2D eigenvalue weighted by molar-refractivity contribution is 7.99. The Kier molecular flexibility index (Phi) is 9.82. The number of hydrogen-bond donors (Lipinski definition) is 3. The van der Waals surface area contributed by atoms with Crippen molar-refractivity contribution in [3.8, 4) is 46.3 Å². The van der Waals surface area contributed by atoms with E-state index in [4.69, 9.17) is 28.4 Å². The van der Waals surface area contributed by atoms with Gasteiger partial charge in [-0.15, -0.1) is 11.8 Å². The van der Waals surface area contributed by atoms with Crippen molar-refractivity contribution >= 4 is 29.8 Å². The lowest BCUT2D eigenvalue weighted by atomic mass is 9.71. The summed E-state index contributed by atoms with van der Waals surface area (Å²) in [5.41, 5.74) is 5.05. The van der Waals surface area contributed by atoms with Gasteiger partial charge >= 0.3 is 11.9 Å². The van der Waals surface area contributed by atoms with E-state index in [2.05, 4.69) is 27.3 Å². The van der Waals surface area contributed by atoms with Crippen molar-refractivity contribution in [3.63, 3.8) is 0 Å². The van der Waals surface area contributed by atoms with Crippen molar-refractivity contribution in [2.75, 3.05) is 47.0 Å². The Bertz CT molecular complexity index is 2610. The monoisotopic (exact) mass is 858 g/mol. The Morgan fingerprint density at radius 2 is 1.81 bits per heavy atom. The third kappa shape index (κ3) is 5.87. The molecule has 0 radical (unpaired) electrons. The molecule has 0 saturated carbocycles. The van der Waals surface area contributed by atoms with Crippen molar-refractivity contribution < 1.29 is 48.2 Å². The van der Waals surface area contributed by atoms with E-state index in [1.54, 1.807) is 32.2 Å². The minimum Gasteiger partial charge on any atom is -0.507 e. The number of phenols is 2. The van der Waals surface area contributed by atoms with Crippen molar-refractivity contribution in [1.82, 2.24) is 15.1 Å². The molecule has 3 N–H and O–H groups in total. The predicted molar refractivity (Wildman–Crippen MR) is 228 cm³/mol. The molecular weight excluding hydrogens is 813 g/mol. The van der Waals surface area contributed by atoms with Crippen LogP contribution in [0.2, 0.25) is 0 Å². The lowest BCUT2D eigenvalue weighted by molar-refractivity contribution is -0.157. The normalized spacial score (nSPS) is 27.1. The molecule has 4 aromatic carbocycles. The maximum absolute atomic E-state index is 14.8. The van der Waals surface area contributed by atoms with Crippen LogP contribution in [-0.4, -0.2) is 97.0 Å². The van der Waals surface area contributed by atoms with Gasteiger partial charge in [-0.3, -0.25) is 15.1 Å². The Morgan fingerprint density at radius 3 is 2.56 bits per heavy atom. The fourth-order valence-electron chi connectivity index (χ4n) is 10.9. The highest BCUT2D eigenvalue weighted by Gasteiger charge is 2.62. The topological polar surface area (TPSA) is 172 Å². The third-order valence-electron chi connectivity index (χ3n) is 13.6. The minimum atomic E-state index is -1.38. The van der Waals surface area contributed by atoms with Crippen molar-refractivity contribution in [3.05, 3.63) is 105 Å². The number of nitriles is 1. The molecule has 11 rings (SSSR count). The highest BCUT2D eigenvalue weighted by atomic mass is 32.2. The maximum Gasteiger partial charge on any atom is 0.336 e. The van der Waals surface area contributed by atoms with Gasteiger partial charge in [-0.25, -0.2) is 9.59 Å². The first-order chi connectivity index (χ1) is 30.0. The molecule has 2 saturated heterocycles. The van der Waals surface area contributed by atoms with E-state index in [1.807, 2.05) is 44.3 Å². The summed E-state index contributed by atoms with van der Waals surface area (Å²) in [4.78, 5) is 33.0. The van der Waals surface area contributed by atoms with E-state index in [1.165, 1.54) is 24.9 Å². The molecule has 0 amide bonds. The zero-order chi connectivity index (χ0) is 43.2. The van der Waals surface area contributed by atoms with E-state index in [0.29, 0.717) is 58.9 Å². The van der Waals surface area contributed by atoms with Crippen LogP contribution in [-0.2, 0) is 32.7 Å². The van der Waals surface area contributed by atoms with Crippen LogP contribution in [0.25, 0.3) is 6.08 Å². The molecule has 0 aliphatic carbocycles. The molecule has 7 aliphatic rings. The Labute approximate surface area is 362 Å². The van der Waals surface area contributed by atoms with Gasteiger partial charge in [-0.1, -0.05) is 36.4 Å². The highest BCUT2D eigenvalue weighted by Crippen LogP contribution is 2.64. The fourth-order valence-corrected chi connectivity index (χ4v) is 12.6. The number of thioether (sulfide) groups is 1. The number of carbonyl (C=O) groups is 2. The molecule has 4 bridgehead atoms. The fraction of sp³-hybridized carbons (Fsp3) is 0.383. The number of carbonyl (C=O) groups excluding carboxylic acids is 2. The molecule has 62 heavy (non-hydrogen) atoms. The summed E-state index contributed by atoms with van der Waals surface area (Å²) < 4.78 is 36.6. The smallest absolute Gasteiger partial charge is 0.336 e. The molecule has 14 nitrogen and oxygen atoms in total. The number of aryl methyl sites for hydroxylation is 1. The van der Waals surface area contributed by atoms with Crippen LogP contribution < -0.4 is 29.0 Å². The number of hydrogen-bond acceptors (Lipinski definition) is 15. The summed E-state index contributed by atoms with van der Waals surface area (Å²) in [6.07, 6.45) is 4.11. The van der Waals surface area contributed by atoms with Crippen LogP contribution in [0.4, 0.5) is 0 Å². The number of benzene rings is 4. The van der Waals surface area contributed by atoms with Gasteiger partial charge in [0.25, 0.3) is 0 Å². The number of ether oxygens (including phenoxy) is 6. The van der Waals surface area contributed by atoms with Gasteiger partial charge in [0.1, 0.15) is 18.4 Å². The second kappa shape index (κ2) is 15.2. The maximum atomic E-state index is 14.8. The molecule has 7 heterocycles. The summed E-state index contributed by atoms with van der Waals surface area (Å²) in [5, 5.41) is 37.4. The second-order valence-corrected chi connectivity index (χ2v) is 17.8. The van der Waals surface area contributed by atoms with E-state index < -0.39 is 46.9 Å². The number of methoxy groups -OCH3 is 2. The molecule has 7 aliphatic heterocycles. The lowest BCUT2D eigenvalue weighted by Gasteiger charge is -2.62. The largest absolute Gasteiger partial charge is 0.507 e. The minimum absolute atomic E-state index is 0.0275. The van der Waals surface area contributed by atoms with Gasteiger partial charge in [0, 0.05) is 52.7 Å². The zero-order valence-corrected chi connectivity index (χ0v) is 35.7. The summed E-state index contributed by atoms with van der Waals surface area (Å²) >= 11 is 1.47. The quantitative estimate of drug-likeness (QED) is 0.127. The molecule has 320 valence electrons. The average Bonchev–Trinajstić information content (AvgIpc) is 3.76. The van der Waals surface area contributed by atoms with Crippen molar-refractivity contribution in [1.29, 1.82) is 5.26 Å². The molecule has 0 aromatic heterocycles. The Hall–Kier alpha value is -5.92. The number of nitrogens with zero attached hydrogens (tertiary/aromatic N) is 3. The van der Waals surface area contributed by atoms with Gasteiger partial charge in [0.15, 0.2) is 40.0 Å². The van der Waals surface area contributed by atoms with E-state index in [-0.39, 0.29) is 48.2 Å². The molecule has 15 heteroatoms. The molecule has 1 spiro atoms. The third-order valence-corrected chi connectivity index (χ3v) is 15.1. The average molecular weight is 859 g/mol. The molecule has 1 unspecified atom stereocenters. The number of likely N-dealkylation sites (N-methyl/N-ethyl adjacent to an activating group) is 1. The van der Waals surface area contributed by atoms with Crippen LogP contribution in [0.15, 0.2) is 54.6 Å². The van der Waals surface area contributed by atoms with Gasteiger partial charge in [-0.05, 0) is 79.8 Å². The summed E-state index contributed by atoms with van der Waals surface area (Å²) in [6.45, 7) is 3.89. The molecular formula is C47H46N4O10S. The van der Waals surface area contributed by atoms with Crippen LogP contribution in [0.5, 0.6) is 40.2 Å². The zero-order valence-electron chi connectivity index (χ0n) is 34.9. The van der Waals surface area contributed by atoms with Crippen LogP contribution in [0.1, 0.15) is 67.4 Å². The van der Waals surface area contributed by atoms with Gasteiger partial charge in [0.2, 0.25) is 6.79 Å². The number of esters is 2. The van der Waals surface area contributed by atoms with Crippen molar-refractivity contribution in [2.45, 2.75) is 67.7 Å². The van der Waals surface area contributed by atoms with E-state index >= 15 is 0 Å². The number of aromatic hydroxyl groups is 2. The number of rotatable bonds is 5.